The predicted octanol–water partition coefficient (Wildman–Crippen LogP) is 4.61. The minimum Gasteiger partial charge on any atom is -0.497 e. The maximum Gasteiger partial charge on any atom is 0.264 e. The fourth-order valence-corrected chi connectivity index (χ4v) is 5.06. The number of sulfonamides is 1. The Morgan fingerprint density at radius 1 is 0.714 bits per heavy atom. The number of methoxy groups -OCH3 is 5. The lowest BCUT2D eigenvalue weighted by molar-refractivity contribution is -0.114. The molecule has 0 atom stereocenters. The van der Waals surface area contributed by atoms with Crippen molar-refractivity contribution < 1.29 is 36.9 Å². The molecule has 4 aromatic rings. The van der Waals surface area contributed by atoms with Crippen LogP contribution in [-0.4, -0.2) is 59.8 Å². The Bertz CT molecular complexity index is 1680. The van der Waals surface area contributed by atoms with Gasteiger partial charge in [-0.3, -0.25) is 4.79 Å². The number of benzene rings is 3. The maximum absolute atomic E-state index is 13.3. The number of anilines is 2. The van der Waals surface area contributed by atoms with Gasteiger partial charge in [-0.15, -0.1) is 0 Å². The summed E-state index contributed by atoms with van der Waals surface area (Å²) in [4.78, 5) is 20.3. The Morgan fingerprint density at radius 3 is 1.88 bits per heavy atom. The molecule has 0 fully saturated rings. The van der Waals surface area contributed by atoms with E-state index in [1.807, 2.05) is 0 Å². The van der Waals surface area contributed by atoms with E-state index in [2.05, 4.69) is 20.0 Å². The number of hydrogen-bond acceptors (Lipinski definition) is 10. The van der Waals surface area contributed by atoms with Crippen LogP contribution in [0.3, 0.4) is 0 Å². The Morgan fingerprint density at radius 2 is 1.33 bits per heavy atom. The van der Waals surface area contributed by atoms with Crippen LogP contribution in [0.4, 0.5) is 11.6 Å². The van der Waals surface area contributed by atoms with Gasteiger partial charge in [-0.2, -0.15) is 0 Å². The van der Waals surface area contributed by atoms with Crippen LogP contribution >= 0.6 is 0 Å². The van der Waals surface area contributed by atoms with Crippen molar-refractivity contribution in [2.75, 3.05) is 45.6 Å². The van der Waals surface area contributed by atoms with Crippen molar-refractivity contribution in [3.8, 4) is 51.3 Å². The molecule has 1 aromatic heterocycles. The highest BCUT2D eigenvalue weighted by atomic mass is 32.2. The molecule has 4 rings (SSSR count). The van der Waals surface area contributed by atoms with Crippen LogP contribution in [0, 0.1) is 0 Å². The highest BCUT2D eigenvalue weighted by Gasteiger charge is 2.21. The molecular weight excluding hydrogens is 564 g/mol. The molecule has 0 aliphatic rings. The number of carbonyl (C=O) groups is 1. The molecule has 13 heteroatoms. The van der Waals surface area contributed by atoms with Crippen molar-refractivity contribution in [1.29, 1.82) is 0 Å². The second-order valence-electron chi connectivity index (χ2n) is 8.75. The number of aromatic nitrogens is 2. The highest BCUT2D eigenvalue weighted by Crippen LogP contribution is 2.42. The summed E-state index contributed by atoms with van der Waals surface area (Å²) in [6.07, 6.45) is 0. The average Bonchev–Trinajstić information content (AvgIpc) is 2.99. The molecule has 0 aliphatic heterocycles. The van der Waals surface area contributed by atoms with Gasteiger partial charge in [0.1, 0.15) is 11.5 Å². The minimum absolute atomic E-state index is 0.0537. The van der Waals surface area contributed by atoms with E-state index >= 15 is 0 Å². The third-order valence-electron chi connectivity index (χ3n) is 6.08. The van der Waals surface area contributed by atoms with E-state index in [-0.39, 0.29) is 16.8 Å². The lowest BCUT2D eigenvalue weighted by Crippen LogP contribution is -2.16. The summed E-state index contributed by atoms with van der Waals surface area (Å²) in [6, 6.07) is 15.9. The Hall–Kier alpha value is -5.04. The molecule has 0 spiro atoms. The zero-order valence-electron chi connectivity index (χ0n) is 23.8. The highest BCUT2D eigenvalue weighted by molar-refractivity contribution is 7.92. The molecule has 3 aromatic carbocycles. The van der Waals surface area contributed by atoms with E-state index in [0.29, 0.717) is 56.9 Å². The van der Waals surface area contributed by atoms with E-state index in [1.165, 1.54) is 66.7 Å². The smallest absolute Gasteiger partial charge is 0.264 e. The van der Waals surface area contributed by atoms with Gasteiger partial charge in [0.25, 0.3) is 10.0 Å². The molecule has 0 radical (unpaired) electrons. The fourth-order valence-electron chi connectivity index (χ4n) is 4.12. The van der Waals surface area contributed by atoms with E-state index in [9.17, 15) is 13.2 Å². The second kappa shape index (κ2) is 12.6. The van der Waals surface area contributed by atoms with Crippen LogP contribution in [0.1, 0.15) is 6.92 Å². The van der Waals surface area contributed by atoms with Crippen LogP contribution in [0.15, 0.2) is 65.6 Å². The molecule has 1 amide bonds. The topological polar surface area (TPSA) is 147 Å². The number of rotatable bonds is 11. The number of nitrogens with zero attached hydrogens (tertiary/aromatic N) is 2. The zero-order chi connectivity index (χ0) is 30.4. The molecule has 0 unspecified atom stereocenters. The van der Waals surface area contributed by atoms with Gasteiger partial charge in [-0.25, -0.2) is 23.1 Å². The molecular formula is C29H30N4O8S. The van der Waals surface area contributed by atoms with Crippen molar-refractivity contribution in [1.82, 2.24) is 9.97 Å². The van der Waals surface area contributed by atoms with Crippen molar-refractivity contribution in [3.63, 3.8) is 0 Å². The van der Waals surface area contributed by atoms with E-state index in [1.54, 1.807) is 36.4 Å². The first-order valence-electron chi connectivity index (χ1n) is 12.4. The summed E-state index contributed by atoms with van der Waals surface area (Å²) in [5, 5.41) is 2.60. The van der Waals surface area contributed by atoms with E-state index in [0.717, 1.165) is 0 Å². The van der Waals surface area contributed by atoms with Crippen LogP contribution < -0.4 is 33.7 Å². The van der Waals surface area contributed by atoms with Gasteiger partial charge >= 0.3 is 0 Å². The van der Waals surface area contributed by atoms with Gasteiger partial charge in [-0.05, 0) is 54.6 Å². The van der Waals surface area contributed by atoms with Gasteiger partial charge in [0.05, 0.1) is 51.8 Å². The van der Waals surface area contributed by atoms with Gasteiger partial charge < -0.3 is 29.0 Å². The molecule has 2 N–H and O–H groups in total. The average molecular weight is 595 g/mol. The van der Waals surface area contributed by atoms with Crippen LogP contribution in [-0.2, 0) is 14.8 Å². The van der Waals surface area contributed by atoms with Crippen molar-refractivity contribution >= 4 is 27.6 Å². The van der Waals surface area contributed by atoms with Crippen molar-refractivity contribution in [2.45, 2.75) is 11.8 Å². The van der Waals surface area contributed by atoms with Gasteiger partial charge in [0, 0.05) is 29.8 Å². The third kappa shape index (κ3) is 6.47. The molecule has 42 heavy (non-hydrogen) atoms. The standard InChI is InChI=1S/C29H30N4O8S/c1-17(34)30-19-7-10-21(11-8-19)42(35,36)33-29-31-23(18-13-26(39-4)28(41-6)27(14-18)40-5)16-24(32-29)22-12-9-20(37-2)15-25(22)38-3/h7-16H,1-6H3,(H,30,34)(H,31,32,33). The van der Waals surface area contributed by atoms with Crippen molar-refractivity contribution in [2.24, 2.45) is 0 Å². The lowest BCUT2D eigenvalue weighted by atomic mass is 10.1. The van der Waals surface area contributed by atoms with Crippen LogP contribution in [0.5, 0.6) is 28.7 Å². The quantitative estimate of drug-likeness (QED) is 0.252. The number of amides is 1. The number of ether oxygens (including phenoxy) is 5. The Balaban J connectivity index is 1.87. The number of hydrogen-bond donors (Lipinski definition) is 2. The molecule has 220 valence electrons. The Kier molecular flexibility index (Phi) is 9.01. The van der Waals surface area contributed by atoms with Gasteiger partial charge in [0.15, 0.2) is 11.5 Å². The lowest BCUT2D eigenvalue weighted by Gasteiger charge is -2.16. The second-order valence-corrected chi connectivity index (χ2v) is 10.4. The van der Waals surface area contributed by atoms with Crippen LogP contribution in [0.25, 0.3) is 22.5 Å². The fraction of sp³-hybridized carbons (Fsp3) is 0.207. The first-order valence-corrected chi connectivity index (χ1v) is 13.9. The first kappa shape index (κ1) is 29.9. The third-order valence-corrected chi connectivity index (χ3v) is 7.43. The monoisotopic (exact) mass is 594 g/mol. The number of carbonyl (C=O) groups excluding carboxylic acids is 1. The first-order chi connectivity index (χ1) is 20.1. The Labute approximate surface area is 243 Å². The van der Waals surface area contributed by atoms with Crippen molar-refractivity contribution in [3.05, 3.63) is 60.7 Å². The maximum atomic E-state index is 13.3. The summed E-state index contributed by atoms with van der Waals surface area (Å²) >= 11 is 0. The predicted molar refractivity (Wildman–Crippen MR) is 157 cm³/mol. The summed E-state index contributed by atoms with van der Waals surface area (Å²) in [7, 11) is 3.40. The van der Waals surface area contributed by atoms with Gasteiger partial charge in [-0.1, -0.05) is 0 Å². The molecule has 0 bridgehead atoms. The molecule has 0 aliphatic carbocycles. The van der Waals surface area contributed by atoms with Crippen LogP contribution in [0.2, 0.25) is 0 Å². The normalized spacial score (nSPS) is 10.9. The minimum atomic E-state index is -4.13. The summed E-state index contributed by atoms with van der Waals surface area (Å²) < 4.78 is 56.5. The summed E-state index contributed by atoms with van der Waals surface area (Å²) in [5.41, 5.74) is 2.29. The molecule has 12 nitrogen and oxygen atoms in total. The summed E-state index contributed by atoms with van der Waals surface area (Å²) in [6.45, 7) is 1.36. The largest absolute Gasteiger partial charge is 0.497 e. The zero-order valence-corrected chi connectivity index (χ0v) is 24.7. The van der Waals surface area contributed by atoms with E-state index < -0.39 is 10.0 Å². The molecule has 1 heterocycles. The summed E-state index contributed by atoms with van der Waals surface area (Å²) in [5.74, 6) is 1.70. The van der Waals surface area contributed by atoms with Gasteiger partial charge in [0.2, 0.25) is 17.6 Å². The number of nitrogens with one attached hydrogen (secondary N) is 2. The molecule has 0 saturated carbocycles. The SMILES string of the molecule is COc1ccc(-c2cc(-c3cc(OC)c(OC)c(OC)c3)nc(NS(=O)(=O)c3ccc(NC(C)=O)cc3)n2)c(OC)c1. The molecule has 0 saturated heterocycles. The van der Waals surface area contributed by atoms with E-state index in [4.69, 9.17) is 23.7 Å².